The summed E-state index contributed by atoms with van der Waals surface area (Å²) in [5.74, 6) is 0. The molecule has 29 heavy (non-hydrogen) atoms. The number of anilines is 1. The first-order valence-electron chi connectivity index (χ1n) is 9.86. The molecule has 2 aromatic carbocycles. The molecule has 5 nitrogen and oxygen atoms in total. The number of para-hydroxylation sites is 1. The molecule has 0 amide bonds. The van der Waals surface area contributed by atoms with Gasteiger partial charge in [-0.2, -0.15) is 0 Å². The van der Waals surface area contributed by atoms with Crippen LogP contribution in [0, 0.1) is 13.8 Å². The molecule has 1 heterocycles. The van der Waals surface area contributed by atoms with Crippen molar-refractivity contribution in [1.29, 1.82) is 0 Å². The zero-order valence-corrected chi connectivity index (χ0v) is 18.3. The number of hydrogen-bond donors (Lipinski definition) is 3. The molecule has 3 N–H and O–H groups in total. The fourth-order valence-electron chi connectivity index (χ4n) is 3.20. The lowest BCUT2D eigenvalue weighted by Crippen LogP contribution is -3.06. The number of aromatic amines is 1. The number of fused-ring (bicyclic) bond motifs is 1. The number of nitrogens with one attached hydrogen (secondary N) is 3. The van der Waals surface area contributed by atoms with Gasteiger partial charge in [0.05, 0.1) is 39.2 Å². The molecule has 0 radical (unpaired) electrons. The van der Waals surface area contributed by atoms with Crippen LogP contribution in [0.3, 0.4) is 0 Å². The second-order valence-electron chi connectivity index (χ2n) is 7.84. The highest BCUT2D eigenvalue weighted by Crippen LogP contribution is 2.16. The molecule has 0 fully saturated rings. The maximum Gasteiger partial charge on any atom is 0.253 e. The van der Waals surface area contributed by atoms with Crippen molar-refractivity contribution >= 4 is 33.9 Å². The van der Waals surface area contributed by atoms with Crippen LogP contribution in [0.15, 0.2) is 53.3 Å². The molecule has 0 atom stereocenters. The van der Waals surface area contributed by atoms with Crippen molar-refractivity contribution < 1.29 is 4.90 Å². The van der Waals surface area contributed by atoms with Gasteiger partial charge in [-0.25, -0.2) is 0 Å². The molecule has 0 spiro atoms. The van der Waals surface area contributed by atoms with E-state index in [0.717, 1.165) is 35.2 Å². The molecule has 152 valence electrons. The lowest BCUT2D eigenvalue weighted by Gasteiger charge is -2.26. The van der Waals surface area contributed by atoms with E-state index in [1.54, 1.807) is 0 Å². The van der Waals surface area contributed by atoms with Crippen LogP contribution in [-0.2, 0) is 6.54 Å². The second-order valence-corrected chi connectivity index (χ2v) is 8.22. The normalized spacial score (nSPS) is 11.1. The molecule has 0 aliphatic heterocycles. The second kappa shape index (κ2) is 9.20. The van der Waals surface area contributed by atoms with Crippen LogP contribution in [0.2, 0.25) is 0 Å². The van der Waals surface area contributed by atoms with Gasteiger partial charge in [-0.3, -0.25) is 4.79 Å². The summed E-state index contributed by atoms with van der Waals surface area (Å²) in [4.78, 5) is 19.2. The molecule has 0 aliphatic carbocycles. The highest BCUT2D eigenvalue weighted by molar-refractivity contribution is 7.80. The minimum absolute atomic E-state index is 0.0628. The smallest absolute Gasteiger partial charge is 0.253 e. The van der Waals surface area contributed by atoms with E-state index in [9.17, 15) is 4.79 Å². The van der Waals surface area contributed by atoms with Crippen molar-refractivity contribution in [2.24, 2.45) is 0 Å². The third kappa shape index (κ3) is 5.43. The maximum atomic E-state index is 12.7. The number of quaternary nitrogens is 1. The van der Waals surface area contributed by atoms with Gasteiger partial charge in [0, 0.05) is 11.3 Å². The summed E-state index contributed by atoms with van der Waals surface area (Å²) in [6.07, 6.45) is 0. The Bertz CT molecular complexity index is 1060. The highest BCUT2D eigenvalue weighted by atomic mass is 32.1. The molecule has 3 aromatic rings. The predicted octanol–water partition coefficient (Wildman–Crippen LogP) is 2.49. The molecule has 3 rings (SSSR count). The van der Waals surface area contributed by atoms with Gasteiger partial charge in [-0.05, 0) is 55.2 Å². The number of pyridine rings is 1. The number of aryl methyl sites for hydroxylation is 2. The number of thiocarbonyl (C=S) groups is 1. The van der Waals surface area contributed by atoms with Crippen LogP contribution in [0.25, 0.3) is 10.9 Å². The summed E-state index contributed by atoms with van der Waals surface area (Å²) in [7, 11) is 4.22. The standard InChI is InChI=1S/C23H28N4OS/c1-16-8-10-20(11-9-16)24-23(29)27(13-12-26(3)4)15-19-14-18-7-5-6-17(2)21(18)25-22(19)28/h5-11,14H,12-13,15H2,1-4H3,(H,24,29)(H,25,28)/p+1. The Labute approximate surface area is 177 Å². The SMILES string of the molecule is Cc1ccc(NC(=S)N(CC[NH+](C)C)Cc2cc3cccc(C)c3[nH]c2=O)cc1. The Hall–Kier alpha value is -2.70. The van der Waals surface area contributed by atoms with Crippen LogP contribution >= 0.6 is 12.2 Å². The van der Waals surface area contributed by atoms with Crippen molar-refractivity contribution in [3.05, 3.63) is 75.6 Å². The van der Waals surface area contributed by atoms with Crippen molar-refractivity contribution in [1.82, 2.24) is 9.88 Å². The van der Waals surface area contributed by atoms with E-state index in [4.69, 9.17) is 12.2 Å². The number of benzene rings is 2. The Morgan fingerprint density at radius 3 is 2.55 bits per heavy atom. The summed E-state index contributed by atoms with van der Waals surface area (Å²) < 4.78 is 0. The average Bonchev–Trinajstić information content (AvgIpc) is 2.67. The number of rotatable bonds is 6. The molecular weight excluding hydrogens is 380 g/mol. The molecule has 0 saturated carbocycles. The molecular formula is C23H29N4OS+. The van der Waals surface area contributed by atoms with Gasteiger partial charge in [-0.15, -0.1) is 0 Å². The van der Waals surface area contributed by atoms with E-state index < -0.39 is 0 Å². The largest absolute Gasteiger partial charge is 0.339 e. The molecule has 6 heteroatoms. The fraction of sp³-hybridized carbons (Fsp3) is 0.304. The average molecular weight is 410 g/mol. The van der Waals surface area contributed by atoms with Gasteiger partial charge >= 0.3 is 0 Å². The van der Waals surface area contributed by atoms with Crippen molar-refractivity contribution in [3.63, 3.8) is 0 Å². The maximum absolute atomic E-state index is 12.7. The lowest BCUT2D eigenvalue weighted by atomic mass is 10.1. The highest BCUT2D eigenvalue weighted by Gasteiger charge is 2.15. The Morgan fingerprint density at radius 2 is 1.86 bits per heavy atom. The van der Waals surface area contributed by atoms with Crippen LogP contribution in [0.5, 0.6) is 0 Å². The summed E-state index contributed by atoms with van der Waals surface area (Å²) in [6, 6.07) is 16.2. The summed E-state index contributed by atoms with van der Waals surface area (Å²) >= 11 is 5.69. The van der Waals surface area contributed by atoms with Gasteiger partial charge < -0.3 is 20.1 Å². The summed E-state index contributed by atoms with van der Waals surface area (Å²) in [5.41, 5.74) is 4.76. The van der Waals surface area contributed by atoms with Crippen LogP contribution in [-0.4, -0.2) is 42.2 Å². The third-order valence-electron chi connectivity index (χ3n) is 5.00. The number of aromatic nitrogens is 1. The van der Waals surface area contributed by atoms with E-state index in [-0.39, 0.29) is 5.56 Å². The first-order valence-corrected chi connectivity index (χ1v) is 10.3. The Kier molecular flexibility index (Phi) is 6.67. The van der Waals surface area contributed by atoms with Gasteiger partial charge in [0.1, 0.15) is 0 Å². The minimum atomic E-state index is -0.0628. The molecule has 0 aliphatic rings. The van der Waals surface area contributed by atoms with Crippen molar-refractivity contribution in [3.8, 4) is 0 Å². The summed E-state index contributed by atoms with van der Waals surface area (Å²) in [5, 5.41) is 4.98. The van der Waals surface area contributed by atoms with Crippen LogP contribution < -0.4 is 15.8 Å². The lowest BCUT2D eigenvalue weighted by molar-refractivity contribution is -0.857. The molecule has 1 aromatic heterocycles. The Balaban J connectivity index is 1.85. The van der Waals surface area contributed by atoms with E-state index in [1.807, 2.05) is 43.3 Å². The van der Waals surface area contributed by atoms with Crippen LogP contribution in [0.1, 0.15) is 16.7 Å². The van der Waals surface area contributed by atoms with Crippen LogP contribution in [0.4, 0.5) is 5.69 Å². The van der Waals surface area contributed by atoms with Crippen molar-refractivity contribution in [2.75, 3.05) is 32.5 Å². The van der Waals surface area contributed by atoms with Gasteiger partial charge in [-0.1, -0.05) is 35.9 Å². The zero-order chi connectivity index (χ0) is 21.0. The number of H-pyrrole nitrogens is 1. The first-order chi connectivity index (χ1) is 13.8. The Morgan fingerprint density at radius 1 is 1.14 bits per heavy atom. The van der Waals surface area contributed by atoms with E-state index in [1.165, 1.54) is 10.5 Å². The summed E-state index contributed by atoms with van der Waals surface area (Å²) in [6.45, 7) is 6.20. The molecule has 0 unspecified atom stereocenters. The number of likely N-dealkylation sites (N-methyl/N-ethyl adjacent to an activating group) is 1. The van der Waals surface area contributed by atoms with Crippen molar-refractivity contribution in [2.45, 2.75) is 20.4 Å². The molecule has 0 bridgehead atoms. The minimum Gasteiger partial charge on any atom is -0.339 e. The fourth-order valence-corrected chi connectivity index (χ4v) is 3.48. The quantitative estimate of drug-likeness (QED) is 0.548. The van der Waals surface area contributed by atoms with E-state index >= 15 is 0 Å². The zero-order valence-electron chi connectivity index (χ0n) is 17.5. The van der Waals surface area contributed by atoms with Gasteiger partial charge in [0.15, 0.2) is 5.11 Å². The van der Waals surface area contributed by atoms with Gasteiger partial charge in [0.25, 0.3) is 5.56 Å². The first kappa shape index (κ1) is 21.0. The number of nitrogens with zero attached hydrogens (tertiary/aromatic N) is 1. The monoisotopic (exact) mass is 409 g/mol. The van der Waals surface area contributed by atoms with E-state index in [2.05, 4.69) is 48.4 Å². The van der Waals surface area contributed by atoms with E-state index in [0.29, 0.717) is 17.2 Å². The van der Waals surface area contributed by atoms with Gasteiger partial charge in [0.2, 0.25) is 0 Å². The third-order valence-corrected chi connectivity index (χ3v) is 5.36. The number of hydrogen-bond acceptors (Lipinski definition) is 2. The molecule has 0 saturated heterocycles. The topological polar surface area (TPSA) is 52.6 Å². The predicted molar refractivity (Wildman–Crippen MR) is 125 cm³/mol.